The van der Waals surface area contributed by atoms with Crippen LogP contribution in [-0.4, -0.2) is 43.8 Å². The van der Waals surface area contributed by atoms with Crippen LogP contribution in [0.25, 0.3) is 10.9 Å². The fourth-order valence-electron chi connectivity index (χ4n) is 2.67. The molecule has 0 aliphatic carbocycles. The molecule has 7 heteroatoms. The highest BCUT2D eigenvalue weighted by atomic mass is 127. The molecule has 0 bridgehead atoms. The maximum Gasteiger partial charge on any atom is 0.191 e. The van der Waals surface area contributed by atoms with Gasteiger partial charge in [0.2, 0.25) is 0 Å². The Morgan fingerprint density at radius 2 is 2.08 bits per heavy atom. The molecule has 2 aromatic rings. The van der Waals surface area contributed by atoms with Gasteiger partial charge in [0.05, 0.1) is 0 Å². The first-order chi connectivity index (χ1) is 12.2. The summed E-state index contributed by atoms with van der Waals surface area (Å²) in [5, 5.41) is 7.54. The monoisotopic (exact) mass is 476 g/mol. The fraction of sp³-hybridized carbons (Fsp3) is 0.526. The molecule has 0 amide bonds. The maximum absolute atomic E-state index is 13.4. The molecule has 0 saturated carbocycles. The van der Waals surface area contributed by atoms with E-state index in [2.05, 4.69) is 27.5 Å². The van der Waals surface area contributed by atoms with Gasteiger partial charge in [-0.1, -0.05) is 0 Å². The number of halogens is 2. The molecule has 0 aliphatic rings. The Kier molecular flexibility index (Phi) is 11.3. The second-order valence-electron chi connectivity index (χ2n) is 5.85. The predicted molar refractivity (Wildman–Crippen MR) is 117 cm³/mol. The number of H-pyrrole nitrogens is 1. The summed E-state index contributed by atoms with van der Waals surface area (Å²) in [7, 11) is 0. The van der Waals surface area contributed by atoms with Crippen molar-refractivity contribution in [3.8, 4) is 0 Å². The van der Waals surface area contributed by atoms with Gasteiger partial charge in [-0.2, -0.15) is 0 Å². The van der Waals surface area contributed by atoms with Crippen LogP contribution >= 0.6 is 24.0 Å². The maximum atomic E-state index is 13.4. The smallest absolute Gasteiger partial charge is 0.191 e. The van der Waals surface area contributed by atoms with E-state index in [9.17, 15) is 4.39 Å². The van der Waals surface area contributed by atoms with Crippen molar-refractivity contribution in [2.24, 2.45) is 4.99 Å². The van der Waals surface area contributed by atoms with Crippen LogP contribution < -0.4 is 10.6 Å². The first-order valence-electron chi connectivity index (χ1n) is 9.10. The third kappa shape index (κ3) is 7.49. The van der Waals surface area contributed by atoms with Crippen LogP contribution in [0, 0.1) is 5.82 Å². The molecule has 3 N–H and O–H groups in total. The number of aromatic amines is 1. The molecule has 0 fully saturated rings. The minimum absolute atomic E-state index is 0. The molecule has 0 spiro atoms. The minimum Gasteiger partial charge on any atom is -0.382 e. The van der Waals surface area contributed by atoms with Gasteiger partial charge < -0.3 is 20.4 Å². The number of aliphatic imine (C=N–C) groups is 1. The third-order valence-corrected chi connectivity index (χ3v) is 3.93. The van der Waals surface area contributed by atoms with Gasteiger partial charge >= 0.3 is 0 Å². The van der Waals surface area contributed by atoms with E-state index in [1.54, 1.807) is 12.1 Å². The average Bonchev–Trinajstić information content (AvgIpc) is 3.00. The number of rotatable bonds is 10. The van der Waals surface area contributed by atoms with Crippen molar-refractivity contribution < 1.29 is 9.13 Å². The van der Waals surface area contributed by atoms with E-state index < -0.39 is 0 Å². The van der Waals surface area contributed by atoms with E-state index in [0.717, 1.165) is 74.5 Å². The van der Waals surface area contributed by atoms with Gasteiger partial charge in [0, 0.05) is 49.9 Å². The Morgan fingerprint density at radius 3 is 2.85 bits per heavy atom. The lowest BCUT2D eigenvalue weighted by Crippen LogP contribution is -2.38. The molecule has 146 valence electrons. The largest absolute Gasteiger partial charge is 0.382 e. The summed E-state index contributed by atoms with van der Waals surface area (Å²) < 4.78 is 18.8. The van der Waals surface area contributed by atoms with Crippen LogP contribution in [-0.2, 0) is 11.2 Å². The van der Waals surface area contributed by atoms with Gasteiger partial charge in [-0.3, -0.25) is 4.99 Å². The summed E-state index contributed by atoms with van der Waals surface area (Å²) in [6, 6.07) is 4.83. The van der Waals surface area contributed by atoms with Crippen LogP contribution in [0.3, 0.4) is 0 Å². The van der Waals surface area contributed by atoms with Crippen molar-refractivity contribution in [3.63, 3.8) is 0 Å². The van der Waals surface area contributed by atoms with E-state index in [0.29, 0.717) is 0 Å². The van der Waals surface area contributed by atoms with Gasteiger partial charge in [-0.15, -0.1) is 24.0 Å². The molecule has 5 nitrogen and oxygen atoms in total. The molecule has 1 aromatic carbocycles. The Hall–Kier alpha value is -1.35. The van der Waals surface area contributed by atoms with Crippen LogP contribution in [0.1, 0.15) is 32.3 Å². The number of ether oxygens (including phenoxy) is 1. The van der Waals surface area contributed by atoms with Gasteiger partial charge in [0.1, 0.15) is 5.82 Å². The van der Waals surface area contributed by atoms with Crippen molar-refractivity contribution in [1.29, 1.82) is 0 Å². The zero-order chi connectivity index (χ0) is 17.9. The molecule has 1 heterocycles. The van der Waals surface area contributed by atoms with Crippen molar-refractivity contribution in [2.75, 3.05) is 32.8 Å². The minimum atomic E-state index is -0.205. The molecule has 0 aliphatic heterocycles. The molecule has 0 radical (unpaired) electrons. The molecular formula is C19H30FIN4O. The summed E-state index contributed by atoms with van der Waals surface area (Å²) in [6.45, 7) is 7.97. The second kappa shape index (κ2) is 12.9. The molecule has 0 unspecified atom stereocenters. The van der Waals surface area contributed by atoms with Crippen molar-refractivity contribution in [1.82, 2.24) is 15.6 Å². The lowest BCUT2D eigenvalue weighted by Gasteiger charge is -2.11. The summed E-state index contributed by atoms with van der Waals surface area (Å²) in [5.74, 6) is 0.619. The Bertz CT molecular complexity index is 675. The normalized spacial score (nSPS) is 11.4. The van der Waals surface area contributed by atoms with Crippen molar-refractivity contribution in [3.05, 3.63) is 35.8 Å². The number of nitrogens with zero attached hydrogens (tertiary/aromatic N) is 1. The highest BCUT2D eigenvalue weighted by Gasteiger charge is 2.05. The van der Waals surface area contributed by atoms with Gasteiger partial charge in [-0.25, -0.2) is 4.39 Å². The number of aromatic nitrogens is 1. The Labute approximate surface area is 172 Å². The molecule has 0 saturated heterocycles. The number of fused-ring (bicyclic) bond motifs is 1. The molecule has 0 atom stereocenters. The van der Waals surface area contributed by atoms with Crippen LogP contribution in [0.2, 0.25) is 0 Å². The van der Waals surface area contributed by atoms with Gasteiger partial charge in [-0.05, 0) is 56.9 Å². The van der Waals surface area contributed by atoms with E-state index in [-0.39, 0.29) is 29.8 Å². The van der Waals surface area contributed by atoms with E-state index in [1.807, 2.05) is 13.1 Å². The highest BCUT2D eigenvalue weighted by molar-refractivity contribution is 14.0. The van der Waals surface area contributed by atoms with Crippen molar-refractivity contribution in [2.45, 2.75) is 33.1 Å². The SMILES string of the molecule is CCNC(=NCCCCOCC)NCCc1c[nH]c2ccc(F)cc12.I. The Morgan fingerprint density at radius 1 is 1.23 bits per heavy atom. The zero-order valence-corrected chi connectivity index (χ0v) is 17.9. The van der Waals surface area contributed by atoms with E-state index in [4.69, 9.17) is 4.74 Å². The summed E-state index contributed by atoms with van der Waals surface area (Å²) in [6.07, 6.45) is 4.79. The van der Waals surface area contributed by atoms with Crippen LogP contribution in [0.5, 0.6) is 0 Å². The van der Waals surface area contributed by atoms with Crippen LogP contribution in [0.15, 0.2) is 29.4 Å². The summed E-state index contributed by atoms with van der Waals surface area (Å²) in [4.78, 5) is 7.76. The van der Waals surface area contributed by atoms with Crippen LogP contribution in [0.4, 0.5) is 4.39 Å². The van der Waals surface area contributed by atoms with E-state index >= 15 is 0 Å². The molecule has 1 aromatic heterocycles. The predicted octanol–water partition coefficient (Wildman–Crippen LogP) is 3.84. The van der Waals surface area contributed by atoms with Gasteiger partial charge in [0.25, 0.3) is 0 Å². The molecular weight excluding hydrogens is 446 g/mol. The van der Waals surface area contributed by atoms with Gasteiger partial charge in [0.15, 0.2) is 5.96 Å². The average molecular weight is 476 g/mol. The quantitative estimate of drug-likeness (QED) is 0.211. The summed E-state index contributed by atoms with van der Waals surface area (Å²) in [5.41, 5.74) is 2.07. The summed E-state index contributed by atoms with van der Waals surface area (Å²) >= 11 is 0. The zero-order valence-electron chi connectivity index (χ0n) is 15.6. The number of benzene rings is 1. The topological polar surface area (TPSA) is 61.4 Å². The lowest BCUT2D eigenvalue weighted by molar-refractivity contribution is 0.144. The third-order valence-electron chi connectivity index (χ3n) is 3.93. The molecule has 2 rings (SSSR count). The first kappa shape index (κ1) is 22.7. The highest BCUT2D eigenvalue weighted by Crippen LogP contribution is 2.19. The fourth-order valence-corrected chi connectivity index (χ4v) is 2.67. The number of unbranched alkanes of at least 4 members (excludes halogenated alkanes) is 1. The second-order valence-corrected chi connectivity index (χ2v) is 5.85. The number of nitrogens with one attached hydrogen (secondary N) is 3. The standard InChI is InChI=1S/C19H29FN4O.HI/c1-3-21-19(22-10-5-6-12-25-4-2)23-11-9-15-14-24-18-8-7-16(20)13-17(15)18;/h7-8,13-14,24H,3-6,9-12H2,1-2H3,(H2,21,22,23);1H. The lowest BCUT2D eigenvalue weighted by atomic mass is 10.1. The number of guanidine groups is 1. The Balaban J connectivity index is 0.00000338. The van der Waals surface area contributed by atoms with Crippen molar-refractivity contribution >= 4 is 40.8 Å². The molecule has 26 heavy (non-hydrogen) atoms. The first-order valence-corrected chi connectivity index (χ1v) is 9.10. The number of hydrogen-bond donors (Lipinski definition) is 3. The number of hydrogen-bond acceptors (Lipinski definition) is 2. The van der Waals surface area contributed by atoms with E-state index in [1.165, 1.54) is 6.07 Å².